The molecule has 0 fully saturated rings. The number of halogens is 2. The fraction of sp³-hybridized carbons (Fsp3) is 0. The largest absolute Gasteiger partial charge is 0.422 e. The first-order valence-electron chi connectivity index (χ1n) is 5.39. The van der Waals surface area contributed by atoms with E-state index >= 15 is 0 Å². The van der Waals surface area contributed by atoms with Gasteiger partial charge in [0.2, 0.25) is 0 Å². The summed E-state index contributed by atoms with van der Waals surface area (Å²) in [7, 11) is 0. The zero-order valence-corrected chi connectivity index (χ0v) is 12.2. The molecule has 0 aliphatic rings. The normalized spacial score (nSPS) is 10.1. The van der Waals surface area contributed by atoms with Crippen LogP contribution in [-0.4, -0.2) is 10.9 Å². The summed E-state index contributed by atoms with van der Waals surface area (Å²) < 4.78 is 5.67. The lowest BCUT2D eigenvalue weighted by atomic mass is 10.2. The van der Waals surface area contributed by atoms with Gasteiger partial charge in [0.25, 0.3) is 5.69 Å². The SMILES string of the molecule is O=C(Oc1ccc(Cl)cc1Br)c1cccc([N+](=O)[O-])c1. The Hall–Kier alpha value is -1.92. The second kappa shape index (κ2) is 6.02. The molecule has 0 bridgehead atoms. The minimum Gasteiger partial charge on any atom is -0.422 e. The van der Waals surface area contributed by atoms with E-state index in [4.69, 9.17) is 16.3 Å². The summed E-state index contributed by atoms with van der Waals surface area (Å²) in [5.41, 5.74) is -0.0735. The van der Waals surface area contributed by atoms with Crippen LogP contribution in [0.2, 0.25) is 5.02 Å². The summed E-state index contributed by atoms with van der Waals surface area (Å²) in [6, 6.07) is 10.0. The van der Waals surface area contributed by atoms with Gasteiger partial charge < -0.3 is 4.74 Å². The number of hydrogen-bond acceptors (Lipinski definition) is 4. The molecule has 20 heavy (non-hydrogen) atoms. The maximum atomic E-state index is 11.9. The van der Waals surface area contributed by atoms with E-state index in [1.165, 1.54) is 24.3 Å². The minimum atomic E-state index is -0.684. The van der Waals surface area contributed by atoms with Crippen molar-refractivity contribution in [1.29, 1.82) is 0 Å². The first-order valence-corrected chi connectivity index (χ1v) is 6.56. The number of esters is 1. The number of nitro groups is 1. The standard InChI is InChI=1S/C13H7BrClNO4/c14-11-7-9(15)4-5-12(11)20-13(17)8-2-1-3-10(6-8)16(18)19/h1-7H. The van der Waals surface area contributed by atoms with Crippen molar-refractivity contribution in [3.05, 3.63) is 67.6 Å². The molecule has 0 aromatic heterocycles. The lowest BCUT2D eigenvalue weighted by Gasteiger charge is -2.06. The van der Waals surface area contributed by atoms with Gasteiger partial charge in [-0.3, -0.25) is 10.1 Å². The smallest absolute Gasteiger partial charge is 0.343 e. The highest BCUT2D eigenvalue weighted by Gasteiger charge is 2.14. The monoisotopic (exact) mass is 355 g/mol. The molecule has 0 unspecified atom stereocenters. The van der Waals surface area contributed by atoms with E-state index in [9.17, 15) is 14.9 Å². The van der Waals surface area contributed by atoms with Crippen LogP contribution in [0.1, 0.15) is 10.4 Å². The topological polar surface area (TPSA) is 69.4 Å². The van der Waals surface area contributed by atoms with Crippen molar-refractivity contribution in [2.45, 2.75) is 0 Å². The summed E-state index contributed by atoms with van der Waals surface area (Å²) in [5.74, 6) is -0.400. The number of hydrogen-bond donors (Lipinski definition) is 0. The Kier molecular flexibility index (Phi) is 4.36. The van der Waals surface area contributed by atoms with E-state index in [-0.39, 0.29) is 17.0 Å². The van der Waals surface area contributed by atoms with Gasteiger partial charge in [-0.2, -0.15) is 0 Å². The molecule has 0 amide bonds. The molecule has 0 atom stereocenters. The third kappa shape index (κ3) is 3.34. The zero-order chi connectivity index (χ0) is 14.7. The molecule has 2 aromatic rings. The lowest BCUT2D eigenvalue weighted by molar-refractivity contribution is -0.384. The summed E-state index contributed by atoms with van der Waals surface area (Å²) in [6.07, 6.45) is 0. The number of nitrogens with zero attached hydrogens (tertiary/aromatic N) is 1. The molecule has 0 N–H and O–H groups in total. The molecule has 2 aromatic carbocycles. The Morgan fingerprint density at radius 2 is 2.00 bits per heavy atom. The van der Waals surface area contributed by atoms with Gasteiger partial charge in [-0.05, 0) is 40.2 Å². The molecule has 0 spiro atoms. The summed E-state index contributed by atoms with van der Waals surface area (Å²) >= 11 is 9.00. The van der Waals surface area contributed by atoms with Crippen LogP contribution >= 0.6 is 27.5 Å². The van der Waals surface area contributed by atoms with Crippen LogP contribution in [0.25, 0.3) is 0 Å². The van der Waals surface area contributed by atoms with Crippen LogP contribution in [0.3, 0.4) is 0 Å². The molecular weight excluding hydrogens is 350 g/mol. The summed E-state index contributed by atoms with van der Waals surface area (Å²) in [4.78, 5) is 22.0. The zero-order valence-electron chi connectivity index (χ0n) is 9.88. The second-order valence-corrected chi connectivity index (χ2v) is 5.06. The predicted octanol–water partition coefficient (Wildman–Crippen LogP) is 4.23. The number of rotatable bonds is 3. The second-order valence-electron chi connectivity index (χ2n) is 3.77. The van der Waals surface area contributed by atoms with E-state index in [1.807, 2.05) is 0 Å². The predicted molar refractivity (Wildman–Crippen MR) is 77.2 cm³/mol. The fourth-order valence-corrected chi connectivity index (χ4v) is 2.23. The van der Waals surface area contributed by atoms with Gasteiger partial charge in [-0.1, -0.05) is 17.7 Å². The van der Waals surface area contributed by atoms with Gasteiger partial charge in [0.1, 0.15) is 5.75 Å². The Balaban J connectivity index is 2.24. The fourth-order valence-electron chi connectivity index (χ4n) is 1.46. The summed E-state index contributed by atoms with van der Waals surface area (Å²) in [5, 5.41) is 11.1. The molecule has 0 aliphatic carbocycles. The quantitative estimate of drug-likeness (QED) is 0.357. The molecular formula is C13H7BrClNO4. The molecule has 7 heteroatoms. The highest BCUT2D eigenvalue weighted by molar-refractivity contribution is 9.10. The van der Waals surface area contributed by atoms with Crippen molar-refractivity contribution >= 4 is 39.2 Å². The van der Waals surface area contributed by atoms with Crippen molar-refractivity contribution < 1.29 is 14.5 Å². The van der Waals surface area contributed by atoms with Crippen molar-refractivity contribution in [2.75, 3.05) is 0 Å². The van der Waals surface area contributed by atoms with Gasteiger partial charge in [-0.25, -0.2) is 4.79 Å². The Labute approximate surface area is 127 Å². The summed E-state index contributed by atoms with van der Waals surface area (Å²) in [6.45, 7) is 0. The van der Waals surface area contributed by atoms with Gasteiger partial charge in [0.05, 0.1) is 15.0 Å². The molecule has 0 aliphatic heterocycles. The number of ether oxygens (including phenoxy) is 1. The van der Waals surface area contributed by atoms with Crippen LogP contribution in [0.5, 0.6) is 5.75 Å². The van der Waals surface area contributed by atoms with E-state index in [2.05, 4.69) is 15.9 Å². The average Bonchev–Trinajstić information content (AvgIpc) is 2.42. The van der Waals surface area contributed by atoms with E-state index in [1.54, 1.807) is 12.1 Å². The van der Waals surface area contributed by atoms with Gasteiger partial charge >= 0.3 is 5.97 Å². The average molecular weight is 357 g/mol. The maximum Gasteiger partial charge on any atom is 0.343 e. The van der Waals surface area contributed by atoms with Crippen LogP contribution in [0.15, 0.2) is 46.9 Å². The lowest BCUT2D eigenvalue weighted by Crippen LogP contribution is -2.09. The Morgan fingerprint density at radius 1 is 1.25 bits per heavy atom. The number of nitro benzene ring substituents is 1. The van der Waals surface area contributed by atoms with E-state index < -0.39 is 10.9 Å². The van der Waals surface area contributed by atoms with Gasteiger partial charge in [-0.15, -0.1) is 0 Å². The number of carbonyl (C=O) groups excluding carboxylic acids is 1. The van der Waals surface area contributed by atoms with E-state index in [0.717, 1.165) is 6.07 Å². The first-order chi connectivity index (χ1) is 9.47. The van der Waals surface area contributed by atoms with Crippen molar-refractivity contribution in [2.24, 2.45) is 0 Å². The first kappa shape index (κ1) is 14.5. The molecule has 0 heterocycles. The number of benzene rings is 2. The van der Waals surface area contributed by atoms with Crippen molar-refractivity contribution in [3.8, 4) is 5.75 Å². The van der Waals surface area contributed by atoms with Crippen LogP contribution in [0, 0.1) is 10.1 Å². The van der Waals surface area contributed by atoms with Crippen LogP contribution in [0.4, 0.5) is 5.69 Å². The molecule has 0 radical (unpaired) electrons. The van der Waals surface area contributed by atoms with Crippen molar-refractivity contribution in [1.82, 2.24) is 0 Å². The molecule has 102 valence electrons. The number of non-ortho nitro benzene ring substituents is 1. The molecule has 2 rings (SSSR count). The Bertz CT molecular complexity index is 690. The maximum absolute atomic E-state index is 11.9. The van der Waals surface area contributed by atoms with Gasteiger partial charge in [0.15, 0.2) is 0 Å². The van der Waals surface area contributed by atoms with Crippen molar-refractivity contribution in [3.63, 3.8) is 0 Å². The van der Waals surface area contributed by atoms with E-state index in [0.29, 0.717) is 9.50 Å². The van der Waals surface area contributed by atoms with Crippen LogP contribution in [-0.2, 0) is 0 Å². The molecule has 0 saturated carbocycles. The molecule has 5 nitrogen and oxygen atoms in total. The third-order valence-corrected chi connectivity index (χ3v) is 3.24. The highest BCUT2D eigenvalue weighted by Crippen LogP contribution is 2.28. The highest BCUT2D eigenvalue weighted by atomic mass is 79.9. The van der Waals surface area contributed by atoms with Gasteiger partial charge in [0, 0.05) is 17.2 Å². The molecule has 0 saturated heterocycles. The van der Waals surface area contributed by atoms with Crippen LogP contribution < -0.4 is 4.74 Å². The minimum absolute atomic E-state index is 0.0982. The number of carbonyl (C=O) groups is 1. The Morgan fingerprint density at radius 3 is 2.65 bits per heavy atom. The third-order valence-electron chi connectivity index (χ3n) is 2.39.